The smallest absolute Gasteiger partial charge is 0.271 e. The van der Waals surface area contributed by atoms with Gasteiger partial charge in [0.1, 0.15) is 5.56 Å². The fourth-order valence-electron chi connectivity index (χ4n) is 3.28. The van der Waals surface area contributed by atoms with E-state index in [1.807, 2.05) is 30.3 Å². The second kappa shape index (κ2) is 8.69. The van der Waals surface area contributed by atoms with Crippen LogP contribution in [0.5, 0.6) is 5.75 Å². The van der Waals surface area contributed by atoms with Crippen LogP contribution in [0.4, 0.5) is 4.39 Å². The summed E-state index contributed by atoms with van der Waals surface area (Å²) in [5, 5.41) is 2.73. The van der Waals surface area contributed by atoms with Gasteiger partial charge in [0.05, 0.1) is 13.2 Å². The van der Waals surface area contributed by atoms with Gasteiger partial charge in [-0.15, -0.1) is 11.3 Å². The zero-order valence-corrected chi connectivity index (χ0v) is 17.8. The molecule has 0 saturated heterocycles. The number of amides is 1. The number of thiazole rings is 1. The first-order valence-corrected chi connectivity index (χ1v) is 10.5. The number of aromatic nitrogens is 2. The van der Waals surface area contributed by atoms with Crippen molar-refractivity contribution in [1.82, 2.24) is 14.7 Å². The Morgan fingerprint density at radius 3 is 2.74 bits per heavy atom. The van der Waals surface area contributed by atoms with Crippen LogP contribution in [0.2, 0.25) is 0 Å². The zero-order valence-electron chi connectivity index (χ0n) is 17.0. The molecule has 1 unspecified atom stereocenters. The van der Waals surface area contributed by atoms with E-state index in [9.17, 15) is 14.0 Å². The second-order valence-corrected chi connectivity index (χ2v) is 8.17. The summed E-state index contributed by atoms with van der Waals surface area (Å²) in [7, 11) is 1.38. The molecule has 1 N–H and O–H groups in total. The topological polar surface area (TPSA) is 72.7 Å². The maximum Gasteiger partial charge on any atom is 0.271 e. The number of hydrogen-bond acceptors (Lipinski definition) is 5. The van der Waals surface area contributed by atoms with Crippen LogP contribution in [0.25, 0.3) is 4.96 Å². The summed E-state index contributed by atoms with van der Waals surface area (Å²) in [5.41, 5.74) is 1.18. The van der Waals surface area contributed by atoms with Crippen LogP contribution in [0, 0.1) is 5.82 Å². The number of carbonyl (C=O) groups excluding carboxylic acids is 1. The minimum Gasteiger partial charge on any atom is -0.494 e. The van der Waals surface area contributed by atoms with E-state index in [-0.39, 0.29) is 11.3 Å². The van der Waals surface area contributed by atoms with Crippen LogP contribution >= 0.6 is 11.3 Å². The highest BCUT2D eigenvalue weighted by Gasteiger charge is 2.18. The molecule has 0 fully saturated rings. The first kappa shape index (κ1) is 20.7. The predicted molar refractivity (Wildman–Crippen MR) is 117 cm³/mol. The number of methoxy groups -OCH3 is 1. The number of nitrogens with zero attached hydrogens (tertiary/aromatic N) is 2. The molecular weight excluding hydrogens is 417 g/mol. The molecule has 1 amide bonds. The predicted octanol–water partition coefficient (Wildman–Crippen LogP) is 3.99. The van der Waals surface area contributed by atoms with E-state index < -0.39 is 23.3 Å². The van der Waals surface area contributed by atoms with Crippen molar-refractivity contribution in [3.63, 3.8) is 0 Å². The summed E-state index contributed by atoms with van der Waals surface area (Å²) in [6, 6.07) is 13.9. The Morgan fingerprint density at radius 2 is 2.03 bits per heavy atom. The molecule has 2 heterocycles. The molecule has 0 aliphatic heterocycles. The molecular formula is C23H20FN3O3S. The highest BCUT2D eigenvalue weighted by molar-refractivity contribution is 7.17. The minimum atomic E-state index is -0.563. The summed E-state index contributed by atoms with van der Waals surface area (Å²) in [5.74, 6) is -0.959. The van der Waals surface area contributed by atoms with Crippen molar-refractivity contribution in [3.05, 3.63) is 98.7 Å². The molecule has 4 rings (SSSR count). The highest BCUT2D eigenvalue weighted by atomic mass is 32.1. The SMILES string of the molecule is COc1ccc(C(C)NC(=O)c2cnc3sc(Cc4ccccc4)cn3c2=O)cc1F. The molecule has 0 saturated carbocycles. The number of nitrogens with one attached hydrogen (secondary N) is 1. The second-order valence-electron chi connectivity index (χ2n) is 7.08. The van der Waals surface area contributed by atoms with Gasteiger partial charge < -0.3 is 10.1 Å². The molecule has 158 valence electrons. The largest absolute Gasteiger partial charge is 0.494 e. The van der Waals surface area contributed by atoms with Crippen LogP contribution in [-0.4, -0.2) is 22.4 Å². The first-order chi connectivity index (χ1) is 15.0. The molecule has 0 radical (unpaired) electrons. The minimum absolute atomic E-state index is 0.0672. The van der Waals surface area contributed by atoms with Crippen LogP contribution in [-0.2, 0) is 6.42 Å². The summed E-state index contributed by atoms with van der Waals surface area (Å²) in [6.07, 6.45) is 3.69. The molecule has 2 aromatic carbocycles. The molecule has 0 aliphatic rings. The Labute approximate surface area is 182 Å². The number of halogens is 1. The molecule has 31 heavy (non-hydrogen) atoms. The van der Waals surface area contributed by atoms with Gasteiger partial charge in [0.15, 0.2) is 16.5 Å². The molecule has 6 nitrogen and oxygen atoms in total. The summed E-state index contributed by atoms with van der Waals surface area (Å²) < 4.78 is 20.3. The van der Waals surface area contributed by atoms with Gasteiger partial charge in [0, 0.05) is 23.7 Å². The standard InChI is InChI=1S/C23H20FN3O3S/c1-14(16-8-9-20(30-2)19(24)11-16)26-21(28)18-12-25-23-27(22(18)29)13-17(31-23)10-15-6-4-3-5-7-15/h3-9,11-14H,10H2,1-2H3,(H,26,28). The molecule has 1 atom stereocenters. The lowest BCUT2D eigenvalue weighted by Crippen LogP contribution is -2.32. The van der Waals surface area contributed by atoms with Crippen molar-refractivity contribution >= 4 is 22.2 Å². The average Bonchev–Trinajstić information content (AvgIpc) is 3.18. The van der Waals surface area contributed by atoms with Gasteiger partial charge in [-0.1, -0.05) is 36.4 Å². The quantitative estimate of drug-likeness (QED) is 0.495. The number of ether oxygens (including phenoxy) is 1. The number of rotatable bonds is 6. The van der Waals surface area contributed by atoms with Gasteiger partial charge in [0.25, 0.3) is 11.5 Å². The van der Waals surface area contributed by atoms with Crippen LogP contribution < -0.4 is 15.6 Å². The Kier molecular flexibility index (Phi) is 5.81. The summed E-state index contributed by atoms with van der Waals surface area (Å²) in [4.78, 5) is 31.4. The highest BCUT2D eigenvalue weighted by Crippen LogP contribution is 2.22. The fraction of sp³-hybridized carbons (Fsp3) is 0.174. The maximum absolute atomic E-state index is 14.0. The lowest BCUT2D eigenvalue weighted by Gasteiger charge is -2.15. The Hall–Kier alpha value is -3.52. The Bertz CT molecular complexity index is 1300. The zero-order chi connectivity index (χ0) is 22.0. The molecule has 0 spiro atoms. The number of carbonyl (C=O) groups is 1. The van der Waals surface area contributed by atoms with Crippen molar-refractivity contribution in [2.75, 3.05) is 7.11 Å². The third kappa shape index (κ3) is 4.34. The van der Waals surface area contributed by atoms with E-state index in [1.165, 1.54) is 41.2 Å². The fourth-order valence-corrected chi connectivity index (χ4v) is 4.25. The van der Waals surface area contributed by atoms with Crippen molar-refractivity contribution < 1.29 is 13.9 Å². The molecule has 4 aromatic rings. The number of benzene rings is 2. The molecule has 2 aromatic heterocycles. The Balaban J connectivity index is 1.56. The molecule has 0 bridgehead atoms. The van der Waals surface area contributed by atoms with E-state index in [2.05, 4.69) is 10.3 Å². The number of fused-ring (bicyclic) bond motifs is 1. The molecule has 0 aliphatic carbocycles. The van der Waals surface area contributed by atoms with Crippen LogP contribution in [0.15, 0.2) is 65.7 Å². The Morgan fingerprint density at radius 1 is 1.26 bits per heavy atom. The van der Waals surface area contributed by atoms with Gasteiger partial charge in [0.2, 0.25) is 0 Å². The maximum atomic E-state index is 14.0. The lowest BCUT2D eigenvalue weighted by atomic mass is 10.1. The van der Waals surface area contributed by atoms with Crippen LogP contribution in [0.3, 0.4) is 0 Å². The average molecular weight is 437 g/mol. The third-order valence-corrected chi connectivity index (χ3v) is 5.94. The van der Waals surface area contributed by atoms with Gasteiger partial charge >= 0.3 is 0 Å². The van der Waals surface area contributed by atoms with Crippen molar-refractivity contribution in [2.45, 2.75) is 19.4 Å². The van der Waals surface area contributed by atoms with E-state index in [1.54, 1.807) is 19.2 Å². The first-order valence-electron chi connectivity index (χ1n) is 9.64. The van der Waals surface area contributed by atoms with Crippen molar-refractivity contribution in [3.8, 4) is 5.75 Å². The van der Waals surface area contributed by atoms with Crippen molar-refractivity contribution in [2.24, 2.45) is 0 Å². The lowest BCUT2D eigenvalue weighted by molar-refractivity contribution is 0.0937. The molecule has 8 heteroatoms. The normalized spacial score (nSPS) is 12.0. The third-order valence-electron chi connectivity index (χ3n) is 4.94. The van der Waals surface area contributed by atoms with Crippen molar-refractivity contribution in [1.29, 1.82) is 0 Å². The van der Waals surface area contributed by atoms with E-state index >= 15 is 0 Å². The van der Waals surface area contributed by atoms with Gasteiger partial charge in [-0.25, -0.2) is 9.37 Å². The van der Waals surface area contributed by atoms with Gasteiger partial charge in [-0.05, 0) is 30.2 Å². The monoisotopic (exact) mass is 437 g/mol. The van der Waals surface area contributed by atoms with E-state index in [0.717, 1.165) is 10.4 Å². The van der Waals surface area contributed by atoms with E-state index in [4.69, 9.17) is 4.74 Å². The summed E-state index contributed by atoms with van der Waals surface area (Å²) >= 11 is 1.41. The summed E-state index contributed by atoms with van der Waals surface area (Å²) in [6.45, 7) is 1.71. The van der Waals surface area contributed by atoms with Gasteiger partial charge in [-0.2, -0.15) is 0 Å². The van der Waals surface area contributed by atoms with Crippen LogP contribution in [0.1, 0.15) is 39.3 Å². The van der Waals surface area contributed by atoms with E-state index in [0.29, 0.717) is 16.9 Å². The van der Waals surface area contributed by atoms with Gasteiger partial charge in [-0.3, -0.25) is 14.0 Å². The number of hydrogen-bond donors (Lipinski definition) is 1.